The van der Waals surface area contributed by atoms with Gasteiger partial charge in [0.1, 0.15) is 0 Å². The molecule has 2 aromatic carbocycles. The summed E-state index contributed by atoms with van der Waals surface area (Å²) >= 11 is 0. The fourth-order valence-electron chi connectivity index (χ4n) is 3.19. The number of fused-ring (bicyclic) bond motifs is 1. The van der Waals surface area contributed by atoms with E-state index in [4.69, 9.17) is 9.47 Å². The number of benzene rings is 2. The van der Waals surface area contributed by atoms with Crippen molar-refractivity contribution in [1.29, 1.82) is 0 Å². The Kier molecular flexibility index (Phi) is 6.23. The smallest absolute Gasteiger partial charge is 0.387 e. The first-order chi connectivity index (χ1) is 13.5. The van der Waals surface area contributed by atoms with E-state index in [0.29, 0.717) is 5.56 Å². The van der Waals surface area contributed by atoms with E-state index in [2.05, 4.69) is 4.74 Å². The molecule has 3 rings (SSSR count). The van der Waals surface area contributed by atoms with Crippen molar-refractivity contribution in [3.05, 3.63) is 58.7 Å². The lowest BCUT2D eigenvalue weighted by Crippen LogP contribution is -2.15. The van der Waals surface area contributed by atoms with Crippen molar-refractivity contribution in [2.75, 3.05) is 13.7 Å². The van der Waals surface area contributed by atoms with Crippen LogP contribution < -0.4 is 9.47 Å². The first-order valence-corrected chi connectivity index (χ1v) is 8.93. The average Bonchev–Trinajstić information content (AvgIpc) is 2.71. The number of rotatable bonds is 7. The minimum Gasteiger partial charge on any atom is -0.493 e. The number of carbonyl (C=O) groups is 2. The Hall–Kier alpha value is -2.96. The molecule has 0 spiro atoms. The van der Waals surface area contributed by atoms with Gasteiger partial charge in [0.15, 0.2) is 23.9 Å². The zero-order valence-corrected chi connectivity index (χ0v) is 15.4. The number of esters is 1. The molecule has 0 N–H and O–H groups in total. The molecular formula is C21H20F2O5. The number of halogens is 2. The van der Waals surface area contributed by atoms with Crippen LogP contribution in [0.25, 0.3) is 0 Å². The number of Topliss-reactive ketones (excluding diaryl/α,β-unsaturated/α-hetero) is 1. The highest BCUT2D eigenvalue weighted by Gasteiger charge is 2.17. The molecule has 0 aromatic heterocycles. The first kappa shape index (κ1) is 19.8. The molecule has 0 fully saturated rings. The van der Waals surface area contributed by atoms with E-state index in [1.807, 2.05) is 12.1 Å². The summed E-state index contributed by atoms with van der Waals surface area (Å²) in [7, 11) is 1.27. The number of ketones is 1. The third kappa shape index (κ3) is 4.65. The third-order valence-electron chi connectivity index (χ3n) is 4.62. The monoisotopic (exact) mass is 390 g/mol. The second-order valence-electron chi connectivity index (χ2n) is 6.43. The summed E-state index contributed by atoms with van der Waals surface area (Å²) in [6, 6.07) is 9.25. The van der Waals surface area contributed by atoms with E-state index in [1.165, 1.54) is 36.4 Å². The Morgan fingerprint density at radius 3 is 2.39 bits per heavy atom. The molecule has 1 aliphatic carbocycles. The maximum Gasteiger partial charge on any atom is 0.387 e. The number of methoxy groups -OCH3 is 1. The summed E-state index contributed by atoms with van der Waals surface area (Å²) in [5.41, 5.74) is 3.00. The molecule has 0 saturated carbocycles. The lowest BCUT2D eigenvalue weighted by atomic mass is 9.90. The van der Waals surface area contributed by atoms with Crippen LogP contribution >= 0.6 is 0 Å². The van der Waals surface area contributed by atoms with Crippen LogP contribution in [0.4, 0.5) is 8.78 Å². The van der Waals surface area contributed by atoms with Crippen LogP contribution in [0.15, 0.2) is 36.4 Å². The number of ether oxygens (including phenoxy) is 3. The largest absolute Gasteiger partial charge is 0.493 e. The highest BCUT2D eigenvalue weighted by Crippen LogP contribution is 2.29. The summed E-state index contributed by atoms with van der Waals surface area (Å²) in [5.74, 6) is -1.28. The summed E-state index contributed by atoms with van der Waals surface area (Å²) in [6.07, 6.45) is 4.23. The van der Waals surface area contributed by atoms with Gasteiger partial charge in [-0.1, -0.05) is 12.1 Å². The number of hydrogen-bond donors (Lipinski definition) is 0. The number of carbonyl (C=O) groups excluding carboxylic acids is 2. The van der Waals surface area contributed by atoms with Gasteiger partial charge < -0.3 is 14.2 Å². The van der Waals surface area contributed by atoms with Crippen molar-refractivity contribution in [3.63, 3.8) is 0 Å². The van der Waals surface area contributed by atoms with E-state index in [0.717, 1.165) is 25.7 Å². The van der Waals surface area contributed by atoms with E-state index in [-0.39, 0.29) is 22.8 Å². The van der Waals surface area contributed by atoms with Crippen LogP contribution in [0.2, 0.25) is 0 Å². The van der Waals surface area contributed by atoms with Gasteiger partial charge in [-0.2, -0.15) is 8.78 Å². The van der Waals surface area contributed by atoms with Crippen LogP contribution in [-0.2, 0) is 17.6 Å². The Balaban J connectivity index is 1.64. The second kappa shape index (κ2) is 8.82. The number of alkyl halides is 2. The zero-order chi connectivity index (χ0) is 20.1. The molecule has 0 bridgehead atoms. The molecule has 0 heterocycles. The molecule has 0 saturated heterocycles. The standard InChI is InChI=1S/C21H20F2O5/c1-26-19-11-16(8-9-18(19)28-21(22)23)20(25)27-12-17(24)15-7-6-13-4-2-3-5-14(13)10-15/h6-11,21H,2-5,12H2,1H3. The molecule has 1 aliphatic rings. The molecule has 0 radical (unpaired) electrons. The van der Waals surface area contributed by atoms with Crippen molar-refractivity contribution < 1.29 is 32.6 Å². The SMILES string of the molecule is COc1cc(C(=O)OCC(=O)c2ccc3c(c2)CCCC3)ccc1OC(F)F. The van der Waals surface area contributed by atoms with Gasteiger partial charge in [0.05, 0.1) is 12.7 Å². The van der Waals surface area contributed by atoms with Gasteiger partial charge in [-0.05, 0) is 61.1 Å². The zero-order valence-electron chi connectivity index (χ0n) is 15.4. The van der Waals surface area contributed by atoms with E-state index >= 15 is 0 Å². The molecule has 7 heteroatoms. The molecule has 5 nitrogen and oxygen atoms in total. The Morgan fingerprint density at radius 2 is 1.68 bits per heavy atom. The van der Waals surface area contributed by atoms with Gasteiger partial charge in [0, 0.05) is 5.56 Å². The van der Waals surface area contributed by atoms with Gasteiger partial charge in [0.25, 0.3) is 0 Å². The lowest BCUT2D eigenvalue weighted by molar-refractivity contribution is -0.0512. The molecule has 2 aromatic rings. The van der Waals surface area contributed by atoms with Gasteiger partial charge in [0.2, 0.25) is 0 Å². The average molecular weight is 390 g/mol. The lowest BCUT2D eigenvalue weighted by Gasteiger charge is -2.16. The molecule has 0 atom stereocenters. The highest BCUT2D eigenvalue weighted by molar-refractivity contribution is 5.99. The van der Waals surface area contributed by atoms with E-state index in [1.54, 1.807) is 6.07 Å². The predicted molar refractivity (Wildman–Crippen MR) is 97.3 cm³/mol. The summed E-state index contributed by atoms with van der Waals surface area (Å²) in [5, 5.41) is 0. The summed E-state index contributed by atoms with van der Waals surface area (Å²) in [6.45, 7) is -3.42. The van der Waals surface area contributed by atoms with Crippen molar-refractivity contribution in [2.45, 2.75) is 32.3 Å². The van der Waals surface area contributed by atoms with Gasteiger partial charge in [-0.3, -0.25) is 4.79 Å². The quantitative estimate of drug-likeness (QED) is 0.523. The van der Waals surface area contributed by atoms with Crippen LogP contribution in [0.5, 0.6) is 11.5 Å². The minimum absolute atomic E-state index is 0.0317. The fraction of sp³-hybridized carbons (Fsp3) is 0.333. The predicted octanol–water partition coefficient (Wildman–Crippen LogP) is 4.22. The van der Waals surface area contributed by atoms with Gasteiger partial charge >= 0.3 is 12.6 Å². The van der Waals surface area contributed by atoms with Crippen LogP contribution in [0.1, 0.15) is 44.7 Å². The maximum atomic E-state index is 12.4. The molecule has 28 heavy (non-hydrogen) atoms. The van der Waals surface area contributed by atoms with Crippen molar-refractivity contribution in [3.8, 4) is 11.5 Å². The molecule has 0 aliphatic heterocycles. The van der Waals surface area contributed by atoms with Crippen LogP contribution in [-0.4, -0.2) is 32.1 Å². The Morgan fingerprint density at radius 1 is 0.964 bits per heavy atom. The Labute approximate surface area is 161 Å². The Bertz CT molecular complexity index is 879. The second-order valence-corrected chi connectivity index (χ2v) is 6.43. The van der Waals surface area contributed by atoms with Crippen molar-refractivity contribution in [1.82, 2.24) is 0 Å². The molecule has 148 valence electrons. The number of aryl methyl sites for hydroxylation is 2. The highest BCUT2D eigenvalue weighted by atomic mass is 19.3. The van der Waals surface area contributed by atoms with Crippen LogP contribution in [0.3, 0.4) is 0 Å². The summed E-state index contributed by atoms with van der Waals surface area (Å²) in [4.78, 5) is 24.6. The third-order valence-corrected chi connectivity index (χ3v) is 4.62. The fourth-order valence-corrected chi connectivity index (χ4v) is 3.19. The molecular weight excluding hydrogens is 370 g/mol. The molecule has 0 unspecified atom stereocenters. The van der Waals surface area contributed by atoms with Crippen LogP contribution in [0, 0.1) is 0 Å². The normalized spacial score (nSPS) is 13.0. The van der Waals surface area contributed by atoms with Gasteiger partial charge in [-0.15, -0.1) is 0 Å². The molecule has 0 amide bonds. The van der Waals surface area contributed by atoms with E-state index in [9.17, 15) is 18.4 Å². The first-order valence-electron chi connectivity index (χ1n) is 8.93. The number of hydrogen-bond acceptors (Lipinski definition) is 5. The topological polar surface area (TPSA) is 61.8 Å². The van der Waals surface area contributed by atoms with Crippen molar-refractivity contribution in [2.24, 2.45) is 0 Å². The van der Waals surface area contributed by atoms with Gasteiger partial charge in [-0.25, -0.2) is 4.79 Å². The van der Waals surface area contributed by atoms with Crippen molar-refractivity contribution >= 4 is 11.8 Å². The van der Waals surface area contributed by atoms with E-state index < -0.39 is 19.2 Å². The maximum absolute atomic E-state index is 12.4. The summed E-state index contributed by atoms with van der Waals surface area (Å²) < 4.78 is 39.1. The minimum atomic E-state index is -3.01.